The second kappa shape index (κ2) is 9.66. The summed E-state index contributed by atoms with van der Waals surface area (Å²) < 4.78 is 27.2. The number of nitrogens with two attached hydrogens (primary N) is 1. The molecule has 1 heterocycles. The summed E-state index contributed by atoms with van der Waals surface area (Å²) in [4.78, 5) is 14.9. The topological polar surface area (TPSA) is 83.7 Å². The molecule has 27 heavy (non-hydrogen) atoms. The Morgan fingerprint density at radius 1 is 1.22 bits per heavy atom. The van der Waals surface area contributed by atoms with Crippen LogP contribution in [0.4, 0.5) is 0 Å². The van der Waals surface area contributed by atoms with Crippen molar-refractivity contribution in [3.63, 3.8) is 0 Å². The van der Waals surface area contributed by atoms with Crippen molar-refractivity contribution in [1.29, 1.82) is 0 Å². The van der Waals surface area contributed by atoms with Crippen LogP contribution in [0, 0.1) is 5.92 Å². The number of rotatable bonds is 8. The van der Waals surface area contributed by atoms with E-state index in [1.807, 2.05) is 25.7 Å². The summed E-state index contributed by atoms with van der Waals surface area (Å²) in [5.41, 5.74) is 6.53. The first-order chi connectivity index (χ1) is 12.8. The Labute approximate surface area is 163 Å². The van der Waals surface area contributed by atoms with Crippen LogP contribution in [-0.4, -0.2) is 55.8 Å². The zero-order valence-corrected chi connectivity index (χ0v) is 17.5. The Hall–Kier alpha value is -1.44. The molecule has 7 heteroatoms. The van der Waals surface area contributed by atoms with Crippen LogP contribution in [0.25, 0.3) is 0 Å². The number of carbonyl (C=O) groups is 1. The molecule has 2 rings (SSSR count). The number of hydrogen-bond donors (Lipinski definition) is 1. The van der Waals surface area contributed by atoms with E-state index >= 15 is 0 Å². The maximum atomic E-state index is 12.8. The summed E-state index contributed by atoms with van der Waals surface area (Å²) in [6.07, 6.45) is 3.54. The molecule has 1 amide bonds. The summed E-state index contributed by atoms with van der Waals surface area (Å²) in [5, 5.41) is 0. The Kier molecular flexibility index (Phi) is 7.82. The average Bonchev–Trinajstić information content (AvgIpc) is 2.67. The zero-order chi connectivity index (χ0) is 20.0. The number of sulfonamides is 1. The van der Waals surface area contributed by atoms with Gasteiger partial charge in [-0.25, -0.2) is 8.42 Å². The fraction of sp³-hybridized carbons (Fsp3) is 0.650. The molecule has 0 aliphatic carbocycles. The minimum absolute atomic E-state index is 0.0525. The number of hydrogen-bond acceptors (Lipinski definition) is 4. The van der Waals surface area contributed by atoms with E-state index in [1.165, 1.54) is 4.31 Å². The van der Waals surface area contributed by atoms with Crippen LogP contribution in [-0.2, 0) is 10.0 Å². The highest BCUT2D eigenvalue weighted by Crippen LogP contribution is 2.22. The van der Waals surface area contributed by atoms with Gasteiger partial charge in [0.15, 0.2) is 0 Å². The minimum atomic E-state index is -3.52. The predicted molar refractivity (Wildman–Crippen MR) is 108 cm³/mol. The van der Waals surface area contributed by atoms with E-state index < -0.39 is 10.0 Å². The molecule has 2 N–H and O–H groups in total. The molecule has 0 bridgehead atoms. The molecule has 2 unspecified atom stereocenters. The van der Waals surface area contributed by atoms with Gasteiger partial charge in [0.2, 0.25) is 10.0 Å². The standard InChI is InChI=1S/C20H33N3O3S/c1-4-12-23(13-5-2)27(25,26)19-10-8-17(9-11-19)20(24)22-14-6-7-18(15-22)16(3)21/h8-11,16,18H,4-7,12-15,21H2,1-3H3. The summed E-state index contributed by atoms with van der Waals surface area (Å²) in [6.45, 7) is 8.31. The van der Waals surface area contributed by atoms with Crippen molar-refractivity contribution in [2.45, 2.75) is 57.4 Å². The Morgan fingerprint density at radius 2 is 1.81 bits per heavy atom. The van der Waals surface area contributed by atoms with Gasteiger partial charge in [-0.3, -0.25) is 4.79 Å². The lowest BCUT2D eigenvalue weighted by Gasteiger charge is -2.34. The van der Waals surface area contributed by atoms with Crippen molar-refractivity contribution < 1.29 is 13.2 Å². The van der Waals surface area contributed by atoms with Crippen LogP contribution in [0.1, 0.15) is 56.8 Å². The van der Waals surface area contributed by atoms with Crippen molar-refractivity contribution in [3.8, 4) is 0 Å². The van der Waals surface area contributed by atoms with Crippen LogP contribution in [0.15, 0.2) is 29.2 Å². The molecule has 1 aromatic carbocycles. The van der Waals surface area contributed by atoms with Crippen molar-refractivity contribution in [1.82, 2.24) is 9.21 Å². The molecular weight excluding hydrogens is 362 g/mol. The second-order valence-electron chi connectivity index (χ2n) is 7.44. The van der Waals surface area contributed by atoms with E-state index in [0.717, 1.165) is 32.2 Å². The number of amides is 1. The highest BCUT2D eigenvalue weighted by molar-refractivity contribution is 7.89. The van der Waals surface area contributed by atoms with Crippen molar-refractivity contribution >= 4 is 15.9 Å². The molecule has 152 valence electrons. The first-order valence-corrected chi connectivity index (χ1v) is 11.4. The number of piperidine rings is 1. The molecular formula is C20H33N3O3S. The summed E-state index contributed by atoms with van der Waals surface area (Å²) in [7, 11) is -3.52. The van der Waals surface area contributed by atoms with E-state index in [2.05, 4.69) is 0 Å². The van der Waals surface area contributed by atoms with Crippen molar-refractivity contribution in [2.24, 2.45) is 11.7 Å². The minimum Gasteiger partial charge on any atom is -0.338 e. The van der Waals surface area contributed by atoms with Crippen LogP contribution in [0.5, 0.6) is 0 Å². The third-order valence-corrected chi connectivity index (χ3v) is 7.09. The highest BCUT2D eigenvalue weighted by Gasteiger charge is 2.27. The van der Waals surface area contributed by atoms with Crippen LogP contribution in [0.3, 0.4) is 0 Å². The third kappa shape index (κ3) is 5.30. The Morgan fingerprint density at radius 3 is 2.33 bits per heavy atom. The van der Waals surface area contributed by atoms with E-state index in [9.17, 15) is 13.2 Å². The molecule has 1 aliphatic rings. The predicted octanol–water partition coefficient (Wildman–Crippen LogP) is 2.70. The first-order valence-electron chi connectivity index (χ1n) is 9.96. The maximum Gasteiger partial charge on any atom is 0.253 e. The monoisotopic (exact) mass is 395 g/mol. The van der Waals surface area contributed by atoms with Gasteiger partial charge in [0.05, 0.1) is 4.90 Å². The van der Waals surface area contributed by atoms with E-state index in [4.69, 9.17) is 5.73 Å². The Balaban J connectivity index is 2.15. The molecule has 0 spiro atoms. The molecule has 0 aromatic heterocycles. The van der Waals surface area contributed by atoms with Gasteiger partial charge < -0.3 is 10.6 Å². The fourth-order valence-electron chi connectivity index (χ4n) is 3.58. The Bertz CT molecular complexity index is 710. The molecule has 1 aliphatic heterocycles. The fourth-order valence-corrected chi connectivity index (χ4v) is 5.20. The summed E-state index contributed by atoms with van der Waals surface area (Å²) in [6, 6.07) is 6.42. The smallest absolute Gasteiger partial charge is 0.253 e. The van der Waals surface area contributed by atoms with Gasteiger partial charge in [0.25, 0.3) is 5.91 Å². The van der Waals surface area contributed by atoms with E-state index in [-0.39, 0.29) is 16.8 Å². The molecule has 2 atom stereocenters. The quantitative estimate of drug-likeness (QED) is 0.733. The lowest BCUT2D eigenvalue weighted by Crippen LogP contribution is -2.45. The highest BCUT2D eigenvalue weighted by atomic mass is 32.2. The normalized spacial score (nSPS) is 19.3. The molecule has 1 saturated heterocycles. The van der Waals surface area contributed by atoms with Gasteiger partial charge in [0, 0.05) is 37.8 Å². The number of carbonyl (C=O) groups excluding carboxylic acids is 1. The average molecular weight is 396 g/mol. The summed E-state index contributed by atoms with van der Waals surface area (Å²) >= 11 is 0. The number of likely N-dealkylation sites (tertiary alicyclic amines) is 1. The summed E-state index contributed by atoms with van der Waals surface area (Å²) in [5.74, 6) is 0.266. The maximum absolute atomic E-state index is 12.8. The third-order valence-electron chi connectivity index (χ3n) is 5.17. The van der Waals surface area contributed by atoms with Crippen LogP contribution >= 0.6 is 0 Å². The second-order valence-corrected chi connectivity index (χ2v) is 9.38. The number of benzene rings is 1. The van der Waals surface area contributed by atoms with Gasteiger partial charge in [0.1, 0.15) is 0 Å². The molecule has 0 saturated carbocycles. The largest absolute Gasteiger partial charge is 0.338 e. The molecule has 1 fully saturated rings. The van der Waals surface area contributed by atoms with Crippen LogP contribution < -0.4 is 5.73 Å². The van der Waals surface area contributed by atoms with Gasteiger partial charge in [-0.05, 0) is 62.8 Å². The van der Waals surface area contributed by atoms with Gasteiger partial charge >= 0.3 is 0 Å². The van der Waals surface area contributed by atoms with Crippen LogP contribution in [0.2, 0.25) is 0 Å². The van der Waals surface area contributed by atoms with Gasteiger partial charge in [-0.1, -0.05) is 13.8 Å². The van der Waals surface area contributed by atoms with Gasteiger partial charge in [-0.2, -0.15) is 4.31 Å². The zero-order valence-electron chi connectivity index (χ0n) is 16.7. The lowest BCUT2D eigenvalue weighted by atomic mass is 9.92. The lowest BCUT2D eigenvalue weighted by molar-refractivity contribution is 0.0661. The van der Waals surface area contributed by atoms with Gasteiger partial charge in [-0.15, -0.1) is 0 Å². The van der Waals surface area contributed by atoms with E-state index in [1.54, 1.807) is 24.3 Å². The van der Waals surface area contributed by atoms with E-state index in [0.29, 0.717) is 31.1 Å². The molecule has 0 radical (unpaired) electrons. The SMILES string of the molecule is CCCN(CCC)S(=O)(=O)c1ccc(C(=O)N2CCCC(C(C)N)C2)cc1. The van der Waals surface area contributed by atoms with Crippen molar-refractivity contribution in [2.75, 3.05) is 26.2 Å². The number of nitrogens with zero attached hydrogens (tertiary/aromatic N) is 2. The first kappa shape index (κ1) is 21.9. The molecule has 6 nitrogen and oxygen atoms in total. The molecule has 1 aromatic rings. The van der Waals surface area contributed by atoms with Crippen molar-refractivity contribution in [3.05, 3.63) is 29.8 Å².